The van der Waals surface area contributed by atoms with Gasteiger partial charge in [-0.05, 0) is 48.9 Å². The minimum Gasteiger partial charge on any atom is -0.492 e. The number of hydrogen-bond donors (Lipinski definition) is 2. The van der Waals surface area contributed by atoms with Gasteiger partial charge >= 0.3 is 18.4 Å². The summed E-state index contributed by atoms with van der Waals surface area (Å²) in [7, 11) is 0. The Labute approximate surface area is 234 Å². The molecule has 228 valence electrons. The van der Waals surface area contributed by atoms with Crippen LogP contribution in [0.25, 0.3) is 0 Å². The number of hydrogen-bond acceptors (Lipinski definition) is 6. The molecule has 14 heteroatoms. The summed E-state index contributed by atoms with van der Waals surface area (Å²) in [5.41, 5.74) is 0.892. The van der Waals surface area contributed by atoms with E-state index in [2.05, 4.69) is 10.1 Å². The van der Waals surface area contributed by atoms with Gasteiger partial charge in [-0.1, -0.05) is 19.1 Å². The molecule has 2 aromatic rings. The summed E-state index contributed by atoms with van der Waals surface area (Å²) in [6.07, 6.45) is -6.08. The fourth-order valence-corrected chi connectivity index (χ4v) is 3.38. The van der Waals surface area contributed by atoms with Crippen LogP contribution in [0.5, 0.6) is 11.5 Å². The third-order valence-corrected chi connectivity index (χ3v) is 5.58. The van der Waals surface area contributed by atoms with E-state index < -0.39 is 49.2 Å². The number of nitrogens with one attached hydrogen (secondary N) is 1. The topological polar surface area (TPSA) is 107 Å². The van der Waals surface area contributed by atoms with E-state index >= 15 is 0 Å². The predicted octanol–water partition coefficient (Wildman–Crippen LogP) is 5.59. The van der Waals surface area contributed by atoms with Gasteiger partial charge in [-0.25, -0.2) is 18.4 Å². The molecule has 41 heavy (non-hydrogen) atoms. The number of urea groups is 1. The van der Waals surface area contributed by atoms with Crippen LogP contribution in [-0.4, -0.2) is 79.9 Å². The second kappa shape index (κ2) is 16.0. The second-order valence-electron chi connectivity index (χ2n) is 8.73. The summed E-state index contributed by atoms with van der Waals surface area (Å²) in [6.45, 7) is 2.22. The minimum absolute atomic E-state index is 0.00689. The first-order chi connectivity index (χ1) is 19.3. The molecule has 0 saturated carbocycles. The van der Waals surface area contributed by atoms with E-state index in [9.17, 15) is 36.6 Å². The van der Waals surface area contributed by atoms with E-state index in [1.54, 1.807) is 31.2 Å². The molecule has 1 atom stereocenters. The van der Waals surface area contributed by atoms with Gasteiger partial charge in [0.15, 0.2) is 6.10 Å². The van der Waals surface area contributed by atoms with Gasteiger partial charge in [0.05, 0.1) is 13.2 Å². The zero-order chi connectivity index (χ0) is 30.5. The molecule has 0 heterocycles. The number of carbonyl (C=O) groups excluding carboxylic acids is 1. The number of aliphatic carboxylic acids is 1. The van der Waals surface area contributed by atoms with Crippen molar-refractivity contribution in [1.82, 2.24) is 4.90 Å². The Morgan fingerprint density at radius 3 is 2.10 bits per heavy atom. The number of rotatable bonds is 17. The van der Waals surface area contributed by atoms with Crippen LogP contribution in [0.1, 0.15) is 25.8 Å². The molecular formula is C27H33F5N2O7. The van der Waals surface area contributed by atoms with Crippen LogP contribution in [0.4, 0.5) is 32.4 Å². The molecule has 9 nitrogen and oxygen atoms in total. The zero-order valence-electron chi connectivity index (χ0n) is 22.6. The Hall–Kier alpha value is -3.65. The lowest BCUT2D eigenvalue weighted by molar-refractivity contribution is -0.274. The Balaban J connectivity index is 1.97. The maximum Gasteiger partial charge on any atom is 0.573 e. The number of alkyl halides is 5. The van der Waals surface area contributed by atoms with Gasteiger partial charge in [0.25, 0.3) is 5.92 Å². The van der Waals surface area contributed by atoms with Crippen LogP contribution in [0.2, 0.25) is 0 Å². The van der Waals surface area contributed by atoms with Gasteiger partial charge < -0.3 is 34.3 Å². The van der Waals surface area contributed by atoms with E-state index in [1.807, 2.05) is 0 Å². The summed E-state index contributed by atoms with van der Waals surface area (Å²) in [6, 6.07) is 10.5. The third kappa shape index (κ3) is 13.0. The first-order valence-corrected chi connectivity index (χ1v) is 12.8. The van der Waals surface area contributed by atoms with Crippen LogP contribution >= 0.6 is 0 Å². The molecule has 0 spiro atoms. The number of amides is 2. The average molecular weight is 593 g/mol. The van der Waals surface area contributed by atoms with Crippen LogP contribution in [0.15, 0.2) is 48.5 Å². The van der Waals surface area contributed by atoms with Gasteiger partial charge in [0, 0.05) is 31.7 Å². The fourth-order valence-electron chi connectivity index (χ4n) is 3.38. The molecule has 0 aliphatic heterocycles. The van der Waals surface area contributed by atoms with Crippen LogP contribution < -0.4 is 14.8 Å². The zero-order valence-corrected chi connectivity index (χ0v) is 22.6. The Morgan fingerprint density at radius 2 is 1.54 bits per heavy atom. The Morgan fingerprint density at radius 1 is 0.927 bits per heavy atom. The van der Waals surface area contributed by atoms with Crippen LogP contribution in [0, 0.1) is 0 Å². The number of anilines is 1. The van der Waals surface area contributed by atoms with Crippen molar-refractivity contribution in [3.05, 3.63) is 54.1 Å². The maximum absolute atomic E-state index is 13.5. The molecule has 0 aliphatic carbocycles. The molecule has 2 rings (SSSR count). The van der Waals surface area contributed by atoms with Gasteiger partial charge in [0.1, 0.15) is 24.7 Å². The lowest BCUT2D eigenvalue weighted by Gasteiger charge is -2.24. The van der Waals surface area contributed by atoms with Gasteiger partial charge in [-0.2, -0.15) is 0 Å². The lowest BCUT2D eigenvalue weighted by Crippen LogP contribution is -2.40. The molecular weight excluding hydrogens is 559 g/mol. The average Bonchev–Trinajstić information content (AvgIpc) is 2.90. The molecule has 0 radical (unpaired) electrons. The van der Waals surface area contributed by atoms with E-state index in [4.69, 9.17) is 14.2 Å². The normalized spacial score (nSPS) is 12.5. The van der Waals surface area contributed by atoms with Crippen molar-refractivity contribution >= 4 is 17.7 Å². The molecule has 1 unspecified atom stereocenters. The van der Waals surface area contributed by atoms with E-state index in [1.165, 1.54) is 24.0 Å². The molecule has 0 saturated heterocycles. The maximum atomic E-state index is 13.5. The predicted molar refractivity (Wildman–Crippen MR) is 138 cm³/mol. The molecule has 0 aromatic heterocycles. The van der Waals surface area contributed by atoms with Crippen molar-refractivity contribution in [3.63, 3.8) is 0 Å². The van der Waals surface area contributed by atoms with Crippen molar-refractivity contribution in [1.29, 1.82) is 0 Å². The number of benzene rings is 2. The summed E-state index contributed by atoms with van der Waals surface area (Å²) >= 11 is 0. The molecule has 0 fully saturated rings. The quantitative estimate of drug-likeness (QED) is 0.182. The lowest BCUT2D eigenvalue weighted by atomic mass is 10.1. The van der Waals surface area contributed by atoms with Crippen molar-refractivity contribution in [2.45, 2.75) is 45.1 Å². The highest BCUT2D eigenvalue weighted by atomic mass is 19.4. The molecule has 2 aromatic carbocycles. The Kier molecular flexibility index (Phi) is 13.1. The number of ether oxygens (including phenoxy) is 4. The van der Waals surface area contributed by atoms with Crippen LogP contribution in [-0.2, 0) is 20.7 Å². The van der Waals surface area contributed by atoms with E-state index in [0.717, 1.165) is 12.1 Å². The summed E-state index contributed by atoms with van der Waals surface area (Å²) in [5, 5.41) is 11.8. The number of halogens is 5. The first-order valence-electron chi connectivity index (χ1n) is 12.8. The van der Waals surface area contributed by atoms with Gasteiger partial charge in [0.2, 0.25) is 0 Å². The largest absolute Gasteiger partial charge is 0.573 e. The number of nitrogens with zero attached hydrogens (tertiary/aromatic N) is 1. The van der Waals surface area contributed by atoms with Gasteiger partial charge in [-0.15, -0.1) is 13.2 Å². The van der Waals surface area contributed by atoms with E-state index in [0.29, 0.717) is 11.3 Å². The monoisotopic (exact) mass is 592 g/mol. The molecule has 2 amide bonds. The number of carboxylic acid groups (broad SMARTS) is 1. The Bertz CT molecular complexity index is 1080. The van der Waals surface area contributed by atoms with Crippen molar-refractivity contribution in [2.75, 3.05) is 44.8 Å². The third-order valence-electron chi connectivity index (χ3n) is 5.58. The highest BCUT2D eigenvalue weighted by Crippen LogP contribution is 2.24. The molecule has 0 aliphatic rings. The van der Waals surface area contributed by atoms with E-state index in [-0.39, 0.29) is 45.0 Å². The molecule has 2 N–H and O–H groups in total. The fraction of sp³-hybridized carbons (Fsp3) is 0.481. The number of carbonyl (C=O) groups is 2. The number of carboxylic acids is 1. The summed E-state index contributed by atoms with van der Waals surface area (Å²) in [5.74, 6) is -4.10. The van der Waals surface area contributed by atoms with Crippen molar-refractivity contribution in [2.24, 2.45) is 0 Å². The SMILES string of the molecule is CCOC(Cc1ccc(OCCN(CCOCC(F)(F)CC)C(=O)Nc2ccc(OC(F)(F)F)cc2)cc1)C(=O)O. The first kappa shape index (κ1) is 33.6. The smallest absolute Gasteiger partial charge is 0.492 e. The highest BCUT2D eigenvalue weighted by molar-refractivity contribution is 5.89. The van der Waals surface area contributed by atoms with Crippen LogP contribution in [0.3, 0.4) is 0 Å². The minimum atomic E-state index is -4.86. The highest BCUT2D eigenvalue weighted by Gasteiger charge is 2.31. The summed E-state index contributed by atoms with van der Waals surface area (Å²) < 4.78 is 83.8. The molecule has 0 bridgehead atoms. The van der Waals surface area contributed by atoms with Gasteiger partial charge in [-0.3, -0.25) is 0 Å². The van der Waals surface area contributed by atoms with Crippen molar-refractivity contribution < 1.29 is 55.6 Å². The standard InChI is InChI=1S/C27H33F5N2O7/c1-3-26(28,29)18-38-15-13-34(25(37)33-20-7-11-22(12-8-20)41-27(30,31)32)14-16-40-21-9-5-19(6-10-21)17-23(24(35)36)39-4-2/h5-12,23H,3-4,13-18H2,1-2H3,(H,33,37)(H,35,36). The summed E-state index contributed by atoms with van der Waals surface area (Å²) in [4.78, 5) is 25.4. The second-order valence-corrected chi connectivity index (χ2v) is 8.73. The van der Waals surface area contributed by atoms with Crippen molar-refractivity contribution in [3.8, 4) is 11.5 Å².